The Morgan fingerprint density at radius 1 is 1.50 bits per heavy atom. The summed E-state index contributed by atoms with van der Waals surface area (Å²) in [6.45, 7) is 3.42. The number of hydrogen-bond donors (Lipinski definition) is 2. The van der Waals surface area contributed by atoms with E-state index in [2.05, 4.69) is 0 Å². The van der Waals surface area contributed by atoms with Crippen LogP contribution >= 0.6 is 0 Å². The Balaban J connectivity index is 0.000000386. The van der Waals surface area contributed by atoms with Crippen molar-refractivity contribution in [2.24, 2.45) is 11.5 Å². The topological polar surface area (TPSA) is 78.3 Å². The molecule has 0 saturated carbocycles. The van der Waals surface area contributed by atoms with E-state index in [1.165, 1.54) is 0 Å². The van der Waals surface area contributed by atoms with Crippen LogP contribution in [0.5, 0.6) is 5.75 Å². The van der Waals surface area contributed by atoms with Crippen molar-refractivity contribution in [2.45, 2.75) is 19.8 Å². The highest BCUT2D eigenvalue weighted by atomic mass is 16.5. The number of carbonyl (C=O) groups excluding carboxylic acids is 1. The Labute approximate surface area is 95.6 Å². The fraction of sp³-hybridized carbons (Fsp3) is 0.417. The summed E-state index contributed by atoms with van der Waals surface area (Å²) >= 11 is 0. The number of primary amides is 1. The number of hydrogen-bond acceptors (Lipinski definition) is 3. The van der Waals surface area contributed by atoms with Gasteiger partial charge in [0.1, 0.15) is 5.75 Å². The summed E-state index contributed by atoms with van der Waals surface area (Å²) in [5.74, 6) is 0.504. The zero-order valence-corrected chi connectivity index (χ0v) is 9.53. The van der Waals surface area contributed by atoms with Gasteiger partial charge in [-0.05, 0) is 43.1 Å². The lowest BCUT2D eigenvalue weighted by atomic mass is 10.0. The molecule has 0 aliphatic carbocycles. The van der Waals surface area contributed by atoms with E-state index in [1.807, 2.05) is 19.1 Å². The molecule has 1 aromatic rings. The minimum Gasteiger partial charge on any atom is -0.493 e. The standard InChI is InChI=1S/C10H11NO2.C2H7N/c11-10(12)8-3-4-9-7(6-8)2-1-5-13-9;1-2-3/h3-4,6H,1-2,5H2,(H2,11,12);2-3H2,1H3. The fourth-order valence-corrected chi connectivity index (χ4v) is 1.51. The van der Waals surface area contributed by atoms with Crippen LogP contribution in [-0.4, -0.2) is 19.1 Å². The Morgan fingerprint density at radius 3 is 2.81 bits per heavy atom. The molecule has 1 amide bonds. The molecule has 0 unspecified atom stereocenters. The second-order valence-electron chi connectivity index (χ2n) is 3.55. The molecule has 2 rings (SSSR count). The predicted molar refractivity (Wildman–Crippen MR) is 63.5 cm³/mol. The second kappa shape index (κ2) is 6.12. The summed E-state index contributed by atoms with van der Waals surface area (Å²) in [5.41, 5.74) is 11.7. The molecule has 0 radical (unpaired) electrons. The lowest BCUT2D eigenvalue weighted by Gasteiger charge is -2.17. The second-order valence-corrected chi connectivity index (χ2v) is 3.55. The maximum atomic E-state index is 10.9. The molecule has 0 bridgehead atoms. The van der Waals surface area contributed by atoms with Crippen molar-refractivity contribution in [2.75, 3.05) is 13.2 Å². The van der Waals surface area contributed by atoms with Crippen LogP contribution in [0.2, 0.25) is 0 Å². The summed E-state index contributed by atoms with van der Waals surface area (Å²) in [7, 11) is 0. The average molecular weight is 222 g/mol. The molecule has 4 heteroatoms. The van der Waals surface area contributed by atoms with Crippen molar-refractivity contribution in [1.29, 1.82) is 0 Å². The quantitative estimate of drug-likeness (QED) is 0.746. The highest BCUT2D eigenvalue weighted by Crippen LogP contribution is 2.25. The van der Waals surface area contributed by atoms with Gasteiger partial charge < -0.3 is 16.2 Å². The van der Waals surface area contributed by atoms with Crippen LogP contribution in [0, 0.1) is 0 Å². The number of nitrogens with two attached hydrogens (primary N) is 2. The van der Waals surface area contributed by atoms with E-state index < -0.39 is 0 Å². The predicted octanol–water partition coefficient (Wildman–Crippen LogP) is 1.08. The number of fused-ring (bicyclic) bond motifs is 1. The lowest BCUT2D eigenvalue weighted by molar-refractivity contribution is 0.1000. The van der Waals surface area contributed by atoms with Gasteiger partial charge in [0.15, 0.2) is 0 Å². The van der Waals surface area contributed by atoms with Gasteiger partial charge in [-0.15, -0.1) is 0 Å². The van der Waals surface area contributed by atoms with Gasteiger partial charge in [-0.2, -0.15) is 0 Å². The van der Waals surface area contributed by atoms with Crippen molar-refractivity contribution in [3.63, 3.8) is 0 Å². The highest BCUT2D eigenvalue weighted by molar-refractivity contribution is 5.93. The van der Waals surface area contributed by atoms with Crippen LogP contribution in [0.15, 0.2) is 18.2 Å². The zero-order chi connectivity index (χ0) is 12.0. The Bertz CT molecular complexity index is 364. The SMILES string of the molecule is CCN.NC(=O)c1ccc2c(c1)CCCO2. The third-order valence-corrected chi connectivity index (χ3v) is 2.19. The van der Waals surface area contributed by atoms with Crippen LogP contribution in [0.3, 0.4) is 0 Å². The van der Waals surface area contributed by atoms with Crippen molar-refractivity contribution < 1.29 is 9.53 Å². The highest BCUT2D eigenvalue weighted by Gasteiger charge is 2.11. The average Bonchev–Trinajstić information content (AvgIpc) is 2.29. The molecule has 0 fully saturated rings. The van der Waals surface area contributed by atoms with Crippen LogP contribution in [0.25, 0.3) is 0 Å². The maximum Gasteiger partial charge on any atom is 0.248 e. The summed E-state index contributed by atoms with van der Waals surface area (Å²) in [6.07, 6.45) is 1.98. The Hall–Kier alpha value is -1.55. The smallest absolute Gasteiger partial charge is 0.248 e. The molecular formula is C12H18N2O2. The monoisotopic (exact) mass is 222 g/mol. The van der Waals surface area contributed by atoms with Crippen LogP contribution in [0.1, 0.15) is 29.3 Å². The number of rotatable bonds is 1. The molecule has 0 atom stereocenters. The molecule has 1 aromatic carbocycles. The van der Waals surface area contributed by atoms with Gasteiger partial charge in [-0.25, -0.2) is 0 Å². The first kappa shape index (κ1) is 12.5. The van der Waals surface area contributed by atoms with Gasteiger partial charge in [0.05, 0.1) is 6.61 Å². The molecule has 0 aromatic heterocycles. The largest absolute Gasteiger partial charge is 0.493 e. The number of amides is 1. The van der Waals surface area contributed by atoms with Crippen molar-refractivity contribution in [3.8, 4) is 5.75 Å². The summed E-state index contributed by atoms with van der Waals surface area (Å²) in [6, 6.07) is 5.33. The summed E-state index contributed by atoms with van der Waals surface area (Å²) in [4.78, 5) is 10.9. The van der Waals surface area contributed by atoms with Gasteiger partial charge in [-0.1, -0.05) is 6.92 Å². The van der Waals surface area contributed by atoms with Gasteiger partial charge in [-0.3, -0.25) is 4.79 Å². The van der Waals surface area contributed by atoms with Crippen molar-refractivity contribution in [3.05, 3.63) is 29.3 Å². The first-order valence-corrected chi connectivity index (χ1v) is 5.44. The molecule has 0 spiro atoms. The molecule has 16 heavy (non-hydrogen) atoms. The maximum absolute atomic E-state index is 10.9. The van der Waals surface area contributed by atoms with Crippen molar-refractivity contribution >= 4 is 5.91 Å². The van der Waals surface area contributed by atoms with E-state index in [1.54, 1.807) is 6.07 Å². The number of carbonyl (C=O) groups is 1. The van der Waals surface area contributed by atoms with Gasteiger partial charge in [0.2, 0.25) is 5.91 Å². The van der Waals surface area contributed by atoms with E-state index in [-0.39, 0.29) is 5.91 Å². The van der Waals surface area contributed by atoms with E-state index >= 15 is 0 Å². The number of ether oxygens (including phenoxy) is 1. The molecule has 1 heterocycles. The third-order valence-electron chi connectivity index (χ3n) is 2.19. The fourth-order valence-electron chi connectivity index (χ4n) is 1.51. The Kier molecular flexibility index (Phi) is 4.79. The molecule has 1 aliphatic heterocycles. The lowest BCUT2D eigenvalue weighted by Crippen LogP contribution is -2.13. The number of aryl methyl sites for hydroxylation is 1. The molecular weight excluding hydrogens is 204 g/mol. The molecule has 4 N–H and O–H groups in total. The van der Waals surface area contributed by atoms with Gasteiger partial charge in [0, 0.05) is 5.56 Å². The first-order chi connectivity index (χ1) is 7.69. The van der Waals surface area contributed by atoms with Gasteiger partial charge in [0.25, 0.3) is 0 Å². The molecule has 88 valence electrons. The molecule has 0 saturated heterocycles. The van der Waals surface area contributed by atoms with E-state index in [0.29, 0.717) is 5.56 Å². The minimum atomic E-state index is -0.381. The van der Waals surface area contributed by atoms with Crippen molar-refractivity contribution in [1.82, 2.24) is 0 Å². The van der Waals surface area contributed by atoms with E-state index in [9.17, 15) is 4.79 Å². The van der Waals surface area contributed by atoms with E-state index in [0.717, 1.165) is 37.3 Å². The first-order valence-electron chi connectivity index (χ1n) is 5.44. The third kappa shape index (κ3) is 3.24. The van der Waals surface area contributed by atoms with E-state index in [4.69, 9.17) is 16.2 Å². The summed E-state index contributed by atoms with van der Waals surface area (Å²) in [5, 5.41) is 0. The van der Waals surface area contributed by atoms with Crippen LogP contribution in [0.4, 0.5) is 0 Å². The van der Waals surface area contributed by atoms with Crippen LogP contribution in [-0.2, 0) is 6.42 Å². The molecule has 1 aliphatic rings. The summed E-state index contributed by atoms with van der Waals surface area (Å²) < 4.78 is 5.41. The molecule has 4 nitrogen and oxygen atoms in total. The van der Waals surface area contributed by atoms with Crippen LogP contribution < -0.4 is 16.2 Å². The zero-order valence-electron chi connectivity index (χ0n) is 9.53. The minimum absolute atomic E-state index is 0.381. The number of benzene rings is 1. The Morgan fingerprint density at radius 2 is 2.19 bits per heavy atom. The van der Waals surface area contributed by atoms with Gasteiger partial charge >= 0.3 is 0 Å². The normalized spacial score (nSPS) is 12.9.